The van der Waals surface area contributed by atoms with Crippen molar-refractivity contribution in [2.75, 3.05) is 19.8 Å². The fourth-order valence-corrected chi connectivity index (χ4v) is 5.71. The summed E-state index contributed by atoms with van der Waals surface area (Å²) in [7, 11) is -6.62. The van der Waals surface area contributed by atoms with E-state index >= 15 is 0 Å². The molecular formula is C23H38N2O13P2S. The normalized spacial score (nSPS) is 22.5. The predicted molar refractivity (Wildman–Crippen MR) is 146 cm³/mol. The summed E-state index contributed by atoms with van der Waals surface area (Å²) in [6.45, 7) is 0.889. The van der Waals surface area contributed by atoms with Crippen LogP contribution < -0.4 is 16.4 Å². The van der Waals surface area contributed by atoms with Crippen LogP contribution in [-0.4, -0.2) is 61.6 Å². The van der Waals surface area contributed by atoms with Gasteiger partial charge in [0.25, 0.3) is 5.56 Å². The van der Waals surface area contributed by atoms with Crippen molar-refractivity contribution in [2.24, 2.45) is 0 Å². The second kappa shape index (κ2) is 17.6. The number of phosphoric ester groups is 1. The van der Waals surface area contributed by atoms with Gasteiger partial charge in [0.05, 0.1) is 19.2 Å². The number of aliphatic hydroxyl groups is 1. The third-order valence-corrected chi connectivity index (χ3v) is 8.82. The molecule has 2 unspecified atom stereocenters. The van der Waals surface area contributed by atoms with Crippen LogP contribution >= 0.6 is 26.7 Å². The van der Waals surface area contributed by atoms with Gasteiger partial charge in [0, 0.05) is 18.2 Å². The zero-order valence-corrected chi connectivity index (χ0v) is 25.4. The highest BCUT2D eigenvalue weighted by Gasteiger charge is 2.50. The topological polar surface area (TPSA) is 227 Å². The number of carboxylic acid groups (broad SMARTS) is 1. The molecule has 18 heteroatoms. The maximum atomic E-state index is 12.3. The summed E-state index contributed by atoms with van der Waals surface area (Å²) >= 11 is 0.216. The zero-order valence-electron chi connectivity index (χ0n) is 22.8. The van der Waals surface area contributed by atoms with Gasteiger partial charge in [-0.05, 0) is 24.3 Å². The molecule has 0 amide bonds. The molecule has 2 heterocycles. The number of nitrogens with zero attached hydrogens (tertiary/aromatic N) is 1. The van der Waals surface area contributed by atoms with Crippen molar-refractivity contribution in [3.63, 3.8) is 0 Å². The van der Waals surface area contributed by atoms with E-state index in [0.29, 0.717) is 13.0 Å². The Kier molecular flexibility index (Phi) is 15.4. The number of nitrogens with one attached hydrogen (secondary N) is 1. The molecule has 1 aromatic heterocycles. The van der Waals surface area contributed by atoms with Crippen molar-refractivity contribution in [3.8, 4) is 0 Å². The molecule has 0 spiro atoms. The van der Waals surface area contributed by atoms with Crippen LogP contribution in [0.3, 0.4) is 0 Å². The van der Waals surface area contributed by atoms with E-state index in [0.717, 1.165) is 68.6 Å². The Hall–Kier alpha value is -1.45. The van der Waals surface area contributed by atoms with Crippen molar-refractivity contribution in [1.82, 2.24) is 9.55 Å². The van der Waals surface area contributed by atoms with Crippen molar-refractivity contribution >= 4 is 32.7 Å². The molecule has 0 radical (unpaired) electrons. The van der Waals surface area contributed by atoms with Crippen LogP contribution in [0.4, 0.5) is 0 Å². The van der Waals surface area contributed by atoms with Crippen molar-refractivity contribution in [3.05, 3.63) is 32.6 Å². The van der Waals surface area contributed by atoms with Crippen LogP contribution in [0.25, 0.3) is 0 Å². The first-order chi connectivity index (χ1) is 19.4. The number of ether oxygens (including phenoxy) is 1. The molecule has 41 heavy (non-hydrogen) atoms. The van der Waals surface area contributed by atoms with Crippen molar-refractivity contribution < 1.29 is 51.9 Å². The largest absolute Gasteiger partial charge is 0.615 e. The van der Waals surface area contributed by atoms with Crippen LogP contribution in [0.15, 0.2) is 15.8 Å². The van der Waals surface area contributed by atoms with Crippen LogP contribution in [0.1, 0.15) is 82.4 Å². The third-order valence-electron chi connectivity index (χ3n) is 6.59. The van der Waals surface area contributed by atoms with Crippen molar-refractivity contribution in [2.45, 2.75) is 95.5 Å². The number of H-pyrrole nitrogens is 1. The molecule has 5 atom stereocenters. The Bertz CT molecular complexity index is 1160. The number of rotatable bonds is 21. The van der Waals surface area contributed by atoms with Gasteiger partial charge in [0.15, 0.2) is 0 Å². The molecule has 1 aliphatic rings. The number of carboxylic acids is 1. The molecule has 1 aromatic rings. The molecule has 1 aliphatic heterocycles. The Balaban J connectivity index is 1.64. The monoisotopic (exact) mass is 644 g/mol. The minimum atomic E-state index is -4.60. The predicted octanol–water partition coefficient (Wildman–Crippen LogP) is 2.53. The summed E-state index contributed by atoms with van der Waals surface area (Å²) in [5, 5.41) is 22.3. The lowest BCUT2D eigenvalue weighted by molar-refractivity contribution is -0.327. The van der Waals surface area contributed by atoms with Crippen LogP contribution in [0.5, 0.6) is 0 Å². The number of carbonyl (C=O) groups is 1. The molecule has 4 N–H and O–H groups in total. The quantitative estimate of drug-likeness (QED) is 0.0857. The summed E-state index contributed by atoms with van der Waals surface area (Å²) in [4.78, 5) is 47.4. The Labute approximate surface area is 242 Å². The number of aliphatic carboxylic acids is 1. The van der Waals surface area contributed by atoms with Crippen molar-refractivity contribution in [1.29, 1.82) is 0 Å². The van der Waals surface area contributed by atoms with Crippen LogP contribution in [0, 0.1) is 6.92 Å². The number of phosphoric acid groups is 1. The highest BCUT2D eigenvalue weighted by atomic mass is 32.7. The lowest BCUT2D eigenvalue weighted by atomic mass is 9.95. The molecule has 0 aromatic carbocycles. The number of carbonyl (C=O) groups excluding carboxylic acids is 1. The third kappa shape index (κ3) is 12.0. The highest BCUT2D eigenvalue weighted by molar-refractivity contribution is 8.47. The summed E-state index contributed by atoms with van der Waals surface area (Å²) in [6, 6.07) is 0. The number of aromatic nitrogens is 2. The van der Waals surface area contributed by atoms with Gasteiger partial charge in [-0.2, -0.15) is 0 Å². The second-order valence-electron chi connectivity index (χ2n) is 9.75. The average Bonchev–Trinajstić information content (AvgIpc) is 3.27. The van der Waals surface area contributed by atoms with Gasteiger partial charge in [-0.15, -0.1) is 4.52 Å². The maximum Gasteiger partial charge on any atom is 0.615 e. The molecule has 0 saturated carbocycles. The average molecular weight is 645 g/mol. The fourth-order valence-electron chi connectivity index (χ4n) is 4.26. The molecular weight excluding hydrogens is 606 g/mol. The molecule has 0 aliphatic carbocycles. The summed E-state index contributed by atoms with van der Waals surface area (Å²) in [5.74, 6) is -1.92. The molecule has 234 valence electrons. The molecule has 2 rings (SSSR count). The standard InChI is InChI=1S/C23H38N2O13P2S/c1-17-15-25(22(29)24-20(17)26)19-14-23(30,21(27)28)18(38-19)16-37-40(32,33)36-13-11-9-7-5-3-2-4-6-8-10-12-35-39(31)41-34/h15,18-19,30H,2-14,16H2,1H3,(H3-,24,26,27,28,29,32,33,34)/t18-,19-,23+/m1/s1. The Morgan fingerprint density at radius 1 is 1.15 bits per heavy atom. The second-order valence-corrected chi connectivity index (χ2v) is 13.5. The number of hydrogen-bond donors (Lipinski definition) is 4. The molecule has 1 fully saturated rings. The molecule has 15 nitrogen and oxygen atoms in total. The van der Waals surface area contributed by atoms with Gasteiger partial charge >= 0.3 is 32.4 Å². The first-order valence-electron chi connectivity index (χ1n) is 13.3. The Morgan fingerprint density at radius 2 is 1.71 bits per heavy atom. The summed E-state index contributed by atoms with van der Waals surface area (Å²) in [5.41, 5.74) is -4.01. The number of aromatic amines is 1. The van der Waals surface area contributed by atoms with E-state index in [1.807, 2.05) is 4.98 Å². The molecule has 0 bridgehead atoms. The van der Waals surface area contributed by atoms with Crippen LogP contribution in [0.2, 0.25) is 0 Å². The first kappa shape index (κ1) is 35.7. The van der Waals surface area contributed by atoms with Gasteiger partial charge in [-0.3, -0.25) is 27.9 Å². The lowest BCUT2D eigenvalue weighted by Gasteiger charge is -2.29. The van der Waals surface area contributed by atoms with E-state index in [1.165, 1.54) is 6.92 Å². The van der Waals surface area contributed by atoms with E-state index in [4.69, 9.17) is 22.9 Å². The highest BCUT2D eigenvalue weighted by Crippen LogP contribution is 2.45. The smallest absolute Gasteiger partial charge is 0.547 e. The SMILES string of the molecule is Cc1cn([C@H]2C[C@@](O)(C(=O)[O-])[C@@H](COP(=O)(O)OCCCCCCCCCCCCO[P+](=O)SO)O2)c(=O)[nH]c1=O. The van der Waals surface area contributed by atoms with E-state index in [2.05, 4.69) is 0 Å². The zero-order chi connectivity index (χ0) is 30.5. The van der Waals surface area contributed by atoms with Gasteiger partial charge in [0.1, 0.15) is 24.5 Å². The maximum absolute atomic E-state index is 12.3. The van der Waals surface area contributed by atoms with E-state index in [9.17, 15) is 38.6 Å². The number of aryl methyl sites for hydroxylation is 1. The Morgan fingerprint density at radius 3 is 2.27 bits per heavy atom. The van der Waals surface area contributed by atoms with Gasteiger partial charge in [-0.1, -0.05) is 51.4 Å². The van der Waals surface area contributed by atoms with Gasteiger partial charge in [0.2, 0.25) is 0 Å². The van der Waals surface area contributed by atoms with Crippen LogP contribution in [-0.2, 0) is 32.2 Å². The lowest BCUT2D eigenvalue weighted by Crippen LogP contribution is -2.55. The minimum Gasteiger partial charge on any atom is -0.547 e. The number of hydrogen-bond acceptors (Lipinski definition) is 13. The van der Waals surface area contributed by atoms with Gasteiger partial charge in [-0.25, -0.2) is 9.36 Å². The fraction of sp³-hybridized carbons (Fsp3) is 0.783. The van der Waals surface area contributed by atoms with Gasteiger partial charge < -0.3 is 24.6 Å². The number of unbranched alkanes of at least 4 members (excludes halogenated alkanes) is 9. The van der Waals surface area contributed by atoms with E-state index in [-0.39, 0.29) is 23.8 Å². The summed E-state index contributed by atoms with van der Waals surface area (Å²) in [6.07, 6.45) is 6.76. The van der Waals surface area contributed by atoms with E-state index in [1.54, 1.807) is 0 Å². The first-order valence-corrected chi connectivity index (χ1v) is 17.4. The molecule has 1 saturated heterocycles. The summed E-state index contributed by atoms with van der Waals surface area (Å²) < 4.78 is 52.8. The van der Waals surface area contributed by atoms with E-state index < -0.39 is 63.2 Å². The minimum absolute atomic E-state index is 0.0683.